The summed E-state index contributed by atoms with van der Waals surface area (Å²) in [5, 5.41) is 3.47. The van der Waals surface area contributed by atoms with Gasteiger partial charge >= 0.3 is 0 Å². The molecule has 4 heteroatoms. The molecule has 1 aliphatic heterocycles. The maximum Gasteiger partial charge on any atom is 0.0925 e. The number of pyridine rings is 1. The Morgan fingerprint density at radius 1 is 1.50 bits per heavy atom. The van der Waals surface area contributed by atoms with Gasteiger partial charge in [-0.05, 0) is 24.0 Å². The molecule has 0 bridgehead atoms. The minimum atomic E-state index is 0.408. The molecule has 2 aromatic heterocycles. The first-order chi connectivity index (χ1) is 9.65. The highest BCUT2D eigenvalue weighted by molar-refractivity contribution is 5.80. The number of hydrogen-bond donors (Lipinski definition) is 1. The first-order valence-electron chi connectivity index (χ1n) is 7.41. The zero-order chi connectivity index (χ0) is 14.1. The molecule has 0 aromatic carbocycles. The van der Waals surface area contributed by atoms with Crippen LogP contribution in [0.15, 0.2) is 18.5 Å². The smallest absolute Gasteiger partial charge is 0.0925 e. The van der Waals surface area contributed by atoms with Gasteiger partial charge in [-0.2, -0.15) is 0 Å². The third kappa shape index (κ3) is 2.58. The van der Waals surface area contributed by atoms with E-state index >= 15 is 0 Å². The van der Waals surface area contributed by atoms with Crippen LogP contribution in [0.25, 0.3) is 11.0 Å². The molecule has 1 aliphatic rings. The maximum absolute atomic E-state index is 5.42. The molecule has 0 saturated carbocycles. The largest absolute Gasteiger partial charge is 0.377 e. The summed E-state index contributed by atoms with van der Waals surface area (Å²) in [6.45, 7) is 7.10. The van der Waals surface area contributed by atoms with Gasteiger partial charge in [0.2, 0.25) is 0 Å². The maximum atomic E-state index is 5.42. The van der Waals surface area contributed by atoms with Crippen LogP contribution in [-0.4, -0.2) is 28.8 Å². The number of aromatic nitrogens is 2. The van der Waals surface area contributed by atoms with E-state index in [0.29, 0.717) is 12.0 Å². The van der Waals surface area contributed by atoms with Crippen LogP contribution in [0.3, 0.4) is 0 Å². The molecule has 0 spiro atoms. The Morgan fingerprint density at radius 3 is 2.95 bits per heavy atom. The van der Waals surface area contributed by atoms with Gasteiger partial charge in [0.05, 0.1) is 17.1 Å². The number of nitrogens with one attached hydrogen (secondary N) is 1. The number of ether oxygens (including phenoxy) is 1. The topological polar surface area (TPSA) is 39.1 Å². The Bertz CT molecular complexity index is 599. The lowest BCUT2D eigenvalue weighted by atomic mass is 10.1. The van der Waals surface area contributed by atoms with E-state index in [-0.39, 0.29) is 0 Å². The molecule has 2 aromatic rings. The van der Waals surface area contributed by atoms with Crippen LogP contribution >= 0.6 is 0 Å². The monoisotopic (exact) mass is 273 g/mol. The number of nitrogens with zero attached hydrogens (tertiary/aromatic N) is 2. The predicted octanol–water partition coefficient (Wildman–Crippen LogP) is 2.58. The lowest BCUT2D eigenvalue weighted by Gasteiger charge is -2.26. The van der Waals surface area contributed by atoms with Crippen molar-refractivity contribution in [1.29, 1.82) is 0 Å². The summed E-state index contributed by atoms with van der Waals surface area (Å²) in [5.74, 6) is 0.513. The third-order valence-corrected chi connectivity index (χ3v) is 4.07. The van der Waals surface area contributed by atoms with E-state index < -0.39 is 0 Å². The van der Waals surface area contributed by atoms with Gasteiger partial charge in [-0.15, -0.1) is 0 Å². The van der Waals surface area contributed by atoms with Gasteiger partial charge in [-0.25, -0.2) is 0 Å². The van der Waals surface area contributed by atoms with Crippen LogP contribution in [0, 0.1) is 0 Å². The van der Waals surface area contributed by atoms with Crippen LogP contribution in [0.2, 0.25) is 0 Å². The number of hydrogen-bond acceptors (Lipinski definition) is 3. The van der Waals surface area contributed by atoms with Crippen molar-refractivity contribution in [2.75, 3.05) is 13.2 Å². The van der Waals surface area contributed by atoms with E-state index in [1.54, 1.807) is 0 Å². The van der Waals surface area contributed by atoms with Crippen molar-refractivity contribution >= 4 is 11.0 Å². The minimum Gasteiger partial charge on any atom is -0.377 e. The van der Waals surface area contributed by atoms with Crippen LogP contribution < -0.4 is 5.32 Å². The standard InChI is InChI=1S/C16H23N3O/c1-11(2)12-6-15-16(18-8-12)13(10-19(15)3)7-17-9-14-4-5-20-14/h6,8,10-11,14,17H,4-5,7,9H2,1-3H3/t14-/m0/s1. The lowest BCUT2D eigenvalue weighted by Crippen LogP contribution is -2.36. The van der Waals surface area contributed by atoms with Crippen molar-refractivity contribution in [3.8, 4) is 0 Å². The predicted molar refractivity (Wildman–Crippen MR) is 80.9 cm³/mol. The number of rotatable bonds is 5. The van der Waals surface area contributed by atoms with E-state index in [0.717, 1.165) is 25.2 Å². The van der Waals surface area contributed by atoms with Gasteiger partial charge < -0.3 is 14.6 Å². The molecular formula is C16H23N3O. The van der Waals surface area contributed by atoms with Gasteiger partial charge in [0.1, 0.15) is 0 Å². The Kier molecular flexibility index (Phi) is 3.76. The molecule has 3 heterocycles. The van der Waals surface area contributed by atoms with Crippen molar-refractivity contribution in [2.45, 2.75) is 38.8 Å². The van der Waals surface area contributed by atoms with E-state index in [1.807, 2.05) is 6.20 Å². The third-order valence-electron chi connectivity index (χ3n) is 4.07. The Hall–Kier alpha value is -1.39. The molecule has 108 valence electrons. The highest BCUT2D eigenvalue weighted by atomic mass is 16.5. The minimum absolute atomic E-state index is 0.408. The summed E-state index contributed by atoms with van der Waals surface area (Å²) < 4.78 is 7.59. The van der Waals surface area contributed by atoms with Crippen LogP contribution in [-0.2, 0) is 18.3 Å². The van der Waals surface area contributed by atoms with Gasteiger partial charge in [0.15, 0.2) is 0 Å². The second-order valence-corrected chi connectivity index (χ2v) is 5.97. The summed E-state index contributed by atoms with van der Waals surface area (Å²) in [5.41, 5.74) is 4.88. The molecule has 1 atom stereocenters. The zero-order valence-electron chi connectivity index (χ0n) is 12.5. The van der Waals surface area contributed by atoms with Crippen molar-refractivity contribution < 1.29 is 4.74 Å². The zero-order valence-corrected chi connectivity index (χ0v) is 12.5. The quantitative estimate of drug-likeness (QED) is 0.910. The average molecular weight is 273 g/mol. The SMILES string of the molecule is CC(C)c1cnc2c(CNC[C@@H]3CCO3)cn(C)c2c1. The number of aryl methyl sites for hydroxylation is 1. The molecular weight excluding hydrogens is 250 g/mol. The fourth-order valence-electron chi connectivity index (χ4n) is 2.61. The summed E-state index contributed by atoms with van der Waals surface area (Å²) in [7, 11) is 2.09. The summed E-state index contributed by atoms with van der Waals surface area (Å²) in [4.78, 5) is 4.66. The molecule has 0 radical (unpaired) electrons. The van der Waals surface area contributed by atoms with Crippen molar-refractivity contribution in [3.05, 3.63) is 29.6 Å². The molecule has 0 amide bonds. The second kappa shape index (κ2) is 5.54. The number of fused-ring (bicyclic) bond motifs is 1. The van der Waals surface area contributed by atoms with Crippen LogP contribution in [0.1, 0.15) is 37.3 Å². The molecule has 1 N–H and O–H groups in total. The molecule has 0 aliphatic carbocycles. The van der Waals surface area contributed by atoms with Gasteiger partial charge in [-0.1, -0.05) is 13.8 Å². The van der Waals surface area contributed by atoms with Crippen LogP contribution in [0.4, 0.5) is 0 Å². The van der Waals surface area contributed by atoms with Gasteiger partial charge in [0, 0.05) is 44.7 Å². The van der Waals surface area contributed by atoms with Gasteiger partial charge in [-0.3, -0.25) is 4.98 Å². The molecule has 3 rings (SSSR count). The van der Waals surface area contributed by atoms with Crippen molar-refractivity contribution in [3.63, 3.8) is 0 Å². The first-order valence-corrected chi connectivity index (χ1v) is 7.41. The van der Waals surface area contributed by atoms with Crippen LogP contribution in [0.5, 0.6) is 0 Å². The summed E-state index contributed by atoms with van der Waals surface area (Å²) in [6, 6.07) is 2.26. The summed E-state index contributed by atoms with van der Waals surface area (Å²) in [6.07, 6.45) is 5.77. The second-order valence-electron chi connectivity index (χ2n) is 5.97. The van der Waals surface area contributed by atoms with Crippen molar-refractivity contribution in [1.82, 2.24) is 14.9 Å². The fraction of sp³-hybridized carbons (Fsp3) is 0.562. The highest BCUT2D eigenvalue weighted by Crippen LogP contribution is 2.23. The Labute approximate surface area is 120 Å². The van der Waals surface area contributed by atoms with Gasteiger partial charge in [0.25, 0.3) is 0 Å². The van der Waals surface area contributed by atoms with E-state index in [1.165, 1.54) is 23.1 Å². The Morgan fingerprint density at radius 2 is 2.30 bits per heavy atom. The molecule has 1 fully saturated rings. The fourth-order valence-corrected chi connectivity index (χ4v) is 2.61. The molecule has 1 saturated heterocycles. The molecule has 20 heavy (non-hydrogen) atoms. The molecule has 0 unspecified atom stereocenters. The van der Waals surface area contributed by atoms with Crippen molar-refractivity contribution in [2.24, 2.45) is 7.05 Å². The van der Waals surface area contributed by atoms with E-state index in [2.05, 4.69) is 48.0 Å². The lowest BCUT2D eigenvalue weighted by molar-refractivity contribution is -0.0484. The average Bonchev–Trinajstić information content (AvgIpc) is 2.69. The molecule has 4 nitrogen and oxygen atoms in total. The first kappa shape index (κ1) is 13.6. The summed E-state index contributed by atoms with van der Waals surface area (Å²) >= 11 is 0. The Balaban J connectivity index is 1.77. The normalized spacial score (nSPS) is 18.7. The van der Waals surface area contributed by atoms with E-state index in [4.69, 9.17) is 4.74 Å². The highest BCUT2D eigenvalue weighted by Gasteiger charge is 2.17. The van der Waals surface area contributed by atoms with E-state index in [9.17, 15) is 0 Å².